The second-order valence-corrected chi connectivity index (χ2v) is 5.29. The van der Waals surface area contributed by atoms with Crippen molar-refractivity contribution in [2.24, 2.45) is 0 Å². The Morgan fingerprint density at radius 2 is 2.27 bits per heavy atom. The second kappa shape index (κ2) is 5.52. The van der Waals surface area contributed by atoms with Gasteiger partial charge < -0.3 is 5.32 Å². The summed E-state index contributed by atoms with van der Waals surface area (Å²) in [6.45, 7) is 2.22. The normalized spacial score (nSPS) is 20.1. The highest BCUT2D eigenvalue weighted by Gasteiger charge is 2.16. The molecule has 0 aromatic carbocycles. The zero-order chi connectivity index (χ0) is 10.5. The third kappa shape index (κ3) is 3.21. The lowest BCUT2D eigenvalue weighted by atomic mass is 10.1. The van der Waals surface area contributed by atoms with Crippen LogP contribution >= 0.6 is 11.8 Å². The van der Waals surface area contributed by atoms with Crippen LogP contribution in [0, 0.1) is 0 Å². The SMILES string of the molecule is CC(NC1CCSCC1)c1cccnc1. The lowest BCUT2D eigenvalue weighted by Crippen LogP contribution is -2.34. The molecule has 2 heterocycles. The number of pyridine rings is 1. The van der Waals surface area contributed by atoms with Crippen LogP contribution in [0.15, 0.2) is 24.5 Å². The molecule has 1 aliphatic rings. The number of hydrogen-bond donors (Lipinski definition) is 1. The summed E-state index contributed by atoms with van der Waals surface area (Å²) in [6.07, 6.45) is 6.38. The van der Waals surface area contributed by atoms with E-state index in [-0.39, 0.29) is 0 Å². The van der Waals surface area contributed by atoms with Crippen molar-refractivity contribution in [3.8, 4) is 0 Å². The molecule has 1 fully saturated rings. The van der Waals surface area contributed by atoms with Crippen molar-refractivity contribution in [1.82, 2.24) is 10.3 Å². The van der Waals surface area contributed by atoms with Gasteiger partial charge in [0, 0.05) is 24.5 Å². The summed E-state index contributed by atoms with van der Waals surface area (Å²) in [4.78, 5) is 4.15. The first-order chi connectivity index (χ1) is 7.36. The number of thioether (sulfide) groups is 1. The lowest BCUT2D eigenvalue weighted by Gasteiger charge is -2.26. The number of aromatic nitrogens is 1. The fraction of sp³-hybridized carbons (Fsp3) is 0.583. The van der Waals surface area contributed by atoms with E-state index in [9.17, 15) is 0 Å². The summed E-state index contributed by atoms with van der Waals surface area (Å²) in [7, 11) is 0. The predicted molar refractivity (Wildman–Crippen MR) is 66.1 cm³/mol. The van der Waals surface area contributed by atoms with Crippen LogP contribution in [-0.2, 0) is 0 Å². The summed E-state index contributed by atoms with van der Waals surface area (Å²) in [5.41, 5.74) is 1.29. The van der Waals surface area contributed by atoms with Crippen molar-refractivity contribution in [3.63, 3.8) is 0 Å². The summed E-state index contributed by atoms with van der Waals surface area (Å²) >= 11 is 2.07. The van der Waals surface area contributed by atoms with Gasteiger partial charge in [0.25, 0.3) is 0 Å². The zero-order valence-corrected chi connectivity index (χ0v) is 9.96. The largest absolute Gasteiger partial charge is 0.307 e. The summed E-state index contributed by atoms with van der Waals surface area (Å²) < 4.78 is 0. The van der Waals surface area contributed by atoms with E-state index >= 15 is 0 Å². The Hall–Kier alpha value is -0.540. The Bertz CT molecular complexity index is 283. The van der Waals surface area contributed by atoms with E-state index in [1.165, 1.54) is 29.9 Å². The van der Waals surface area contributed by atoms with Crippen LogP contribution in [0.5, 0.6) is 0 Å². The Labute approximate surface area is 95.9 Å². The van der Waals surface area contributed by atoms with Gasteiger partial charge in [0.2, 0.25) is 0 Å². The molecule has 2 nitrogen and oxygen atoms in total. The lowest BCUT2D eigenvalue weighted by molar-refractivity contribution is 0.430. The molecule has 2 rings (SSSR count). The quantitative estimate of drug-likeness (QED) is 0.851. The van der Waals surface area contributed by atoms with Gasteiger partial charge in [-0.2, -0.15) is 11.8 Å². The van der Waals surface area contributed by atoms with Crippen molar-refractivity contribution in [2.75, 3.05) is 11.5 Å². The van der Waals surface area contributed by atoms with Crippen molar-refractivity contribution in [2.45, 2.75) is 31.8 Å². The van der Waals surface area contributed by atoms with Crippen molar-refractivity contribution < 1.29 is 0 Å². The van der Waals surface area contributed by atoms with Gasteiger partial charge in [-0.3, -0.25) is 4.98 Å². The van der Waals surface area contributed by atoms with Crippen molar-refractivity contribution in [3.05, 3.63) is 30.1 Å². The zero-order valence-electron chi connectivity index (χ0n) is 9.15. The minimum absolute atomic E-state index is 0.423. The molecular formula is C12H18N2S. The smallest absolute Gasteiger partial charge is 0.0315 e. The van der Waals surface area contributed by atoms with Gasteiger partial charge >= 0.3 is 0 Å². The Morgan fingerprint density at radius 1 is 1.47 bits per heavy atom. The molecule has 1 aromatic rings. The standard InChI is InChI=1S/C12H18N2S/c1-10(11-3-2-6-13-9-11)14-12-4-7-15-8-5-12/h2-3,6,9-10,12,14H,4-5,7-8H2,1H3. The monoisotopic (exact) mass is 222 g/mol. The topological polar surface area (TPSA) is 24.9 Å². The van der Waals surface area contributed by atoms with Gasteiger partial charge in [-0.15, -0.1) is 0 Å². The first-order valence-electron chi connectivity index (χ1n) is 5.60. The van der Waals surface area contributed by atoms with Gasteiger partial charge in [0.1, 0.15) is 0 Å². The van der Waals surface area contributed by atoms with Crippen LogP contribution in [-0.4, -0.2) is 22.5 Å². The van der Waals surface area contributed by atoms with Crippen LogP contribution in [0.3, 0.4) is 0 Å². The summed E-state index contributed by atoms with van der Waals surface area (Å²) in [5.74, 6) is 2.61. The van der Waals surface area contributed by atoms with Crippen LogP contribution in [0.4, 0.5) is 0 Å². The molecule has 1 aromatic heterocycles. The third-order valence-corrected chi connectivity index (χ3v) is 3.94. The highest BCUT2D eigenvalue weighted by atomic mass is 32.2. The Morgan fingerprint density at radius 3 is 2.93 bits per heavy atom. The summed E-state index contributed by atoms with van der Waals surface area (Å²) in [6, 6.07) is 5.26. The maximum atomic E-state index is 4.15. The number of nitrogens with one attached hydrogen (secondary N) is 1. The Kier molecular flexibility index (Phi) is 4.03. The highest BCUT2D eigenvalue weighted by Crippen LogP contribution is 2.20. The van der Waals surface area contributed by atoms with Crippen molar-refractivity contribution in [1.29, 1.82) is 0 Å². The van der Waals surface area contributed by atoms with E-state index in [1.807, 2.05) is 18.5 Å². The molecule has 1 unspecified atom stereocenters. The van der Waals surface area contributed by atoms with E-state index in [2.05, 4.69) is 35.1 Å². The van der Waals surface area contributed by atoms with Gasteiger partial charge in [0.15, 0.2) is 0 Å². The molecule has 0 saturated carbocycles. The molecule has 3 heteroatoms. The molecule has 0 amide bonds. The van der Waals surface area contributed by atoms with E-state index in [0.717, 1.165) is 0 Å². The second-order valence-electron chi connectivity index (χ2n) is 4.06. The summed E-state index contributed by atoms with van der Waals surface area (Å²) in [5, 5.41) is 3.68. The fourth-order valence-electron chi connectivity index (χ4n) is 1.95. The molecular weight excluding hydrogens is 204 g/mol. The van der Waals surface area contributed by atoms with E-state index in [1.54, 1.807) is 0 Å². The molecule has 0 spiro atoms. The van der Waals surface area contributed by atoms with E-state index in [4.69, 9.17) is 0 Å². The molecule has 1 saturated heterocycles. The average Bonchev–Trinajstić information content (AvgIpc) is 2.31. The van der Waals surface area contributed by atoms with Crippen LogP contribution in [0.25, 0.3) is 0 Å². The highest BCUT2D eigenvalue weighted by molar-refractivity contribution is 7.99. The molecule has 1 aliphatic heterocycles. The Balaban J connectivity index is 1.88. The van der Waals surface area contributed by atoms with Gasteiger partial charge in [-0.1, -0.05) is 6.07 Å². The van der Waals surface area contributed by atoms with Crippen LogP contribution < -0.4 is 5.32 Å². The number of hydrogen-bond acceptors (Lipinski definition) is 3. The van der Waals surface area contributed by atoms with Gasteiger partial charge in [-0.05, 0) is 42.9 Å². The molecule has 0 radical (unpaired) electrons. The van der Waals surface area contributed by atoms with Crippen LogP contribution in [0.2, 0.25) is 0 Å². The minimum Gasteiger partial charge on any atom is -0.307 e. The molecule has 1 N–H and O–H groups in total. The maximum absolute atomic E-state index is 4.15. The van der Waals surface area contributed by atoms with E-state index in [0.29, 0.717) is 12.1 Å². The molecule has 0 bridgehead atoms. The van der Waals surface area contributed by atoms with E-state index < -0.39 is 0 Å². The number of nitrogens with zero attached hydrogens (tertiary/aromatic N) is 1. The van der Waals surface area contributed by atoms with Gasteiger partial charge in [0.05, 0.1) is 0 Å². The van der Waals surface area contributed by atoms with Crippen molar-refractivity contribution >= 4 is 11.8 Å². The first-order valence-corrected chi connectivity index (χ1v) is 6.75. The predicted octanol–water partition coefficient (Wildman–Crippen LogP) is 2.63. The van der Waals surface area contributed by atoms with Crippen LogP contribution in [0.1, 0.15) is 31.4 Å². The maximum Gasteiger partial charge on any atom is 0.0315 e. The average molecular weight is 222 g/mol. The molecule has 82 valence electrons. The molecule has 15 heavy (non-hydrogen) atoms. The molecule has 0 aliphatic carbocycles. The molecule has 1 atom stereocenters. The fourth-order valence-corrected chi connectivity index (χ4v) is 3.05. The first kappa shape index (κ1) is 11.0. The minimum atomic E-state index is 0.423. The van der Waals surface area contributed by atoms with Gasteiger partial charge in [-0.25, -0.2) is 0 Å². The third-order valence-electron chi connectivity index (χ3n) is 2.89. The number of rotatable bonds is 3.